The standard InChI is InChI=1S/C11H18ClN5/c1-16-5-3-4-8(16)7-17(2)10-6-9(12)14-11(13)15-10/h6,8H,3-5,7H2,1-2H3,(H2,13,14,15). The number of nitrogen functional groups attached to an aromatic ring is 1. The Bertz CT molecular complexity index is 377. The normalized spacial score (nSPS) is 20.8. The molecule has 0 spiro atoms. The van der Waals surface area contributed by atoms with Crippen molar-refractivity contribution in [1.29, 1.82) is 0 Å². The van der Waals surface area contributed by atoms with E-state index >= 15 is 0 Å². The van der Waals surface area contributed by atoms with Crippen LogP contribution in [0.4, 0.5) is 11.8 Å². The molecule has 1 fully saturated rings. The van der Waals surface area contributed by atoms with Gasteiger partial charge in [0, 0.05) is 25.7 Å². The number of likely N-dealkylation sites (tertiary alicyclic amines) is 1. The summed E-state index contributed by atoms with van der Waals surface area (Å²) in [6.45, 7) is 2.11. The maximum atomic E-state index is 5.87. The lowest BCUT2D eigenvalue weighted by Gasteiger charge is -2.26. The molecule has 0 saturated carbocycles. The highest BCUT2D eigenvalue weighted by Gasteiger charge is 2.22. The predicted molar refractivity (Wildman–Crippen MR) is 70.4 cm³/mol. The van der Waals surface area contributed by atoms with E-state index in [-0.39, 0.29) is 5.95 Å². The zero-order valence-electron chi connectivity index (χ0n) is 10.2. The Kier molecular flexibility index (Phi) is 3.69. The molecule has 1 atom stereocenters. The topological polar surface area (TPSA) is 58.3 Å². The Hall–Kier alpha value is -1.07. The van der Waals surface area contributed by atoms with Crippen LogP contribution >= 0.6 is 11.6 Å². The summed E-state index contributed by atoms with van der Waals surface area (Å²) in [5, 5.41) is 0.388. The minimum atomic E-state index is 0.221. The third-order valence-corrected chi connectivity index (χ3v) is 3.44. The van der Waals surface area contributed by atoms with E-state index in [1.165, 1.54) is 19.4 Å². The van der Waals surface area contributed by atoms with Gasteiger partial charge in [-0.3, -0.25) is 0 Å². The zero-order chi connectivity index (χ0) is 12.4. The van der Waals surface area contributed by atoms with Crippen molar-refractivity contribution < 1.29 is 0 Å². The molecule has 5 nitrogen and oxygen atoms in total. The molecule has 0 aromatic carbocycles. The summed E-state index contributed by atoms with van der Waals surface area (Å²) in [5.41, 5.74) is 5.59. The number of rotatable bonds is 3. The molecule has 94 valence electrons. The van der Waals surface area contributed by atoms with Crippen molar-refractivity contribution in [3.8, 4) is 0 Å². The first-order valence-electron chi connectivity index (χ1n) is 5.77. The average molecular weight is 256 g/mol. The summed E-state index contributed by atoms with van der Waals surface area (Å²) in [5.74, 6) is 1.00. The molecule has 1 aliphatic heterocycles. The predicted octanol–water partition coefficient (Wildman–Crippen LogP) is 1.24. The summed E-state index contributed by atoms with van der Waals surface area (Å²) in [6, 6.07) is 2.32. The first-order valence-corrected chi connectivity index (χ1v) is 6.15. The van der Waals surface area contributed by atoms with Gasteiger partial charge in [-0.25, -0.2) is 4.98 Å². The van der Waals surface area contributed by atoms with E-state index in [0.29, 0.717) is 11.2 Å². The number of nitrogens with two attached hydrogens (primary N) is 1. The number of hydrogen-bond acceptors (Lipinski definition) is 5. The Balaban J connectivity index is 2.06. The highest BCUT2D eigenvalue weighted by Crippen LogP contribution is 2.20. The van der Waals surface area contributed by atoms with Crippen molar-refractivity contribution in [2.24, 2.45) is 0 Å². The monoisotopic (exact) mass is 255 g/mol. The van der Waals surface area contributed by atoms with Gasteiger partial charge in [0.1, 0.15) is 11.0 Å². The Morgan fingerprint density at radius 2 is 2.35 bits per heavy atom. The van der Waals surface area contributed by atoms with Gasteiger partial charge in [0.2, 0.25) is 5.95 Å². The molecule has 2 heterocycles. The van der Waals surface area contributed by atoms with Gasteiger partial charge in [-0.2, -0.15) is 4.98 Å². The molecular weight excluding hydrogens is 238 g/mol. The maximum Gasteiger partial charge on any atom is 0.223 e. The number of aromatic nitrogens is 2. The lowest BCUT2D eigenvalue weighted by atomic mass is 10.2. The van der Waals surface area contributed by atoms with Crippen LogP contribution in [0.15, 0.2) is 6.07 Å². The molecule has 0 aliphatic carbocycles. The second-order valence-electron chi connectivity index (χ2n) is 4.56. The molecule has 1 aliphatic rings. The van der Waals surface area contributed by atoms with Gasteiger partial charge in [-0.1, -0.05) is 11.6 Å². The molecule has 2 rings (SSSR count). The van der Waals surface area contributed by atoms with Crippen LogP contribution in [-0.2, 0) is 0 Å². The van der Waals surface area contributed by atoms with Gasteiger partial charge in [-0.15, -0.1) is 0 Å². The molecule has 0 amide bonds. The van der Waals surface area contributed by atoms with Gasteiger partial charge in [-0.05, 0) is 26.4 Å². The Morgan fingerprint density at radius 1 is 1.59 bits per heavy atom. The van der Waals surface area contributed by atoms with Gasteiger partial charge >= 0.3 is 0 Å². The highest BCUT2D eigenvalue weighted by molar-refractivity contribution is 6.29. The van der Waals surface area contributed by atoms with Gasteiger partial charge < -0.3 is 15.5 Å². The molecule has 6 heteroatoms. The van der Waals surface area contributed by atoms with Crippen molar-refractivity contribution in [2.75, 3.05) is 37.8 Å². The van der Waals surface area contributed by atoms with Crippen molar-refractivity contribution in [3.63, 3.8) is 0 Å². The fourth-order valence-electron chi connectivity index (χ4n) is 2.24. The number of nitrogens with zero attached hydrogens (tertiary/aromatic N) is 4. The van der Waals surface area contributed by atoms with E-state index in [2.05, 4.69) is 26.8 Å². The molecule has 2 N–H and O–H groups in total. The van der Waals surface area contributed by atoms with Crippen LogP contribution in [0.2, 0.25) is 5.15 Å². The third-order valence-electron chi connectivity index (χ3n) is 3.25. The summed E-state index contributed by atoms with van der Waals surface area (Å²) in [7, 11) is 4.16. The Morgan fingerprint density at radius 3 is 2.94 bits per heavy atom. The molecule has 1 aromatic rings. The number of anilines is 2. The third kappa shape index (κ3) is 2.98. The van der Waals surface area contributed by atoms with E-state index in [9.17, 15) is 0 Å². The average Bonchev–Trinajstić information content (AvgIpc) is 2.63. The quantitative estimate of drug-likeness (QED) is 0.824. The summed E-state index contributed by atoms with van der Waals surface area (Å²) in [6.07, 6.45) is 2.50. The lowest BCUT2D eigenvalue weighted by molar-refractivity contribution is 0.314. The van der Waals surface area contributed by atoms with Gasteiger partial charge in [0.25, 0.3) is 0 Å². The fraction of sp³-hybridized carbons (Fsp3) is 0.636. The van der Waals surface area contributed by atoms with E-state index in [1.807, 2.05) is 7.05 Å². The van der Waals surface area contributed by atoms with Crippen LogP contribution in [-0.4, -0.2) is 48.1 Å². The molecule has 0 radical (unpaired) electrons. The number of hydrogen-bond donors (Lipinski definition) is 1. The van der Waals surface area contributed by atoms with Crippen molar-refractivity contribution in [2.45, 2.75) is 18.9 Å². The molecule has 17 heavy (non-hydrogen) atoms. The van der Waals surface area contributed by atoms with E-state index in [4.69, 9.17) is 17.3 Å². The fourth-order valence-corrected chi connectivity index (χ4v) is 2.42. The summed E-state index contributed by atoms with van der Waals surface area (Å²) >= 11 is 5.87. The van der Waals surface area contributed by atoms with E-state index in [1.54, 1.807) is 6.07 Å². The van der Waals surface area contributed by atoms with E-state index < -0.39 is 0 Å². The molecule has 1 saturated heterocycles. The van der Waals surface area contributed by atoms with Gasteiger partial charge in [0.05, 0.1) is 0 Å². The molecule has 1 aromatic heterocycles. The summed E-state index contributed by atoms with van der Waals surface area (Å²) in [4.78, 5) is 12.5. The van der Waals surface area contributed by atoms with Crippen LogP contribution in [0.5, 0.6) is 0 Å². The molecule has 0 bridgehead atoms. The summed E-state index contributed by atoms with van der Waals surface area (Å²) < 4.78 is 0. The second kappa shape index (κ2) is 5.06. The minimum absolute atomic E-state index is 0.221. The highest BCUT2D eigenvalue weighted by atomic mass is 35.5. The number of halogens is 1. The SMILES string of the molecule is CN(CC1CCCN1C)c1cc(Cl)nc(N)n1. The second-order valence-corrected chi connectivity index (χ2v) is 4.95. The smallest absolute Gasteiger partial charge is 0.223 e. The lowest BCUT2D eigenvalue weighted by Crippen LogP contribution is -2.37. The maximum absolute atomic E-state index is 5.87. The molecule has 1 unspecified atom stereocenters. The van der Waals surface area contributed by atoms with Gasteiger partial charge in [0.15, 0.2) is 0 Å². The number of likely N-dealkylation sites (N-methyl/N-ethyl adjacent to an activating group) is 2. The van der Waals surface area contributed by atoms with Crippen molar-refractivity contribution in [1.82, 2.24) is 14.9 Å². The first kappa shape index (κ1) is 12.4. The first-order chi connectivity index (χ1) is 8.06. The van der Waals surface area contributed by atoms with Crippen molar-refractivity contribution in [3.05, 3.63) is 11.2 Å². The largest absolute Gasteiger partial charge is 0.368 e. The van der Waals surface area contributed by atoms with Crippen LogP contribution in [0, 0.1) is 0 Å². The minimum Gasteiger partial charge on any atom is -0.368 e. The van der Waals surface area contributed by atoms with Crippen LogP contribution in [0.1, 0.15) is 12.8 Å². The van der Waals surface area contributed by atoms with E-state index in [0.717, 1.165) is 12.4 Å². The van der Waals surface area contributed by atoms with Crippen LogP contribution < -0.4 is 10.6 Å². The van der Waals surface area contributed by atoms with Crippen LogP contribution in [0.25, 0.3) is 0 Å². The zero-order valence-corrected chi connectivity index (χ0v) is 11.0. The molecular formula is C11H18ClN5. The van der Waals surface area contributed by atoms with Crippen LogP contribution in [0.3, 0.4) is 0 Å². The Labute approximate surface area is 107 Å². The van der Waals surface area contributed by atoms with Crippen molar-refractivity contribution >= 4 is 23.4 Å².